The summed E-state index contributed by atoms with van der Waals surface area (Å²) in [6.07, 6.45) is 0. The van der Waals surface area contributed by atoms with Gasteiger partial charge >= 0.3 is 5.97 Å². The lowest BCUT2D eigenvalue weighted by atomic mass is 10.1. The SMILES string of the molecule is COC(=O)c1nc(-c2ccc(C)c(F)c2)nc(N)c1OC. The number of nitrogens with zero attached hydrogens (tertiary/aromatic N) is 2. The molecule has 2 aromatic rings. The molecule has 0 bridgehead atoms. The number of nitrogens with two attached hydrogens (primary N) is 1. The van der Waals surface area contributed by atoms with E-state index in [1.807, 2.05) is 0 Å². The largest absolute Gasteiger partial charge is 0.491 e. The fraction of sp³-hybridized carbons (Fsp3) is 0.214. The van der Waals surface area contributed by atoms with E-state index in [4.69, 9.17) is 10.5 Å². The molecule has 21 heavy (non-hydrogen) atoms. The van der Waals surface area contributed by atoms with Gasteiger partial charge in [0, 0.05) is 5.56 Å². The Hall–Kier alpha value is -2.70. The van der Waals surface area contributed by atoms with Crippen molar-refractivity contribution in [1.82, 2.24) is 9.97 Å². The Labute approximate surface area is 120 Å². The van der Waals surface area contributed by atoms with Crippen molar-refractivity contribution in [1.29, 1.82) is 0 Å². The molecule has 0 amide bonds. The summed E-state index contributed by atoms with van der Waals surface area (Å²) < 4.78 is 23.3. The molecule has 0 radical (unpaired) electrons. The van der Waals surface area contributed by atoms with Crippen molar-refractivity contribution in [3.8, 4) is 17.1 Å². The van der Waals surface area contributed by atoms with Crippen molar-refractivity contribution in [3.63, 3.8) is 0 Å². The highest BCUT2D eigenvalue weighted by Crippen LogP contribution is 2.28. The fourth-order valence-corrected chi connectivity index (χ4v) is 1.77. The number of hydrogen-bond donors (Lipinski definition) is 1. The topological polar surface area (TPSA) is 87.3 Å². The summed E-state index contributed by atoms with van der Waals surface area (Å²) in [7, 11) is 2.55. The summed E-state index contributed by atoms with van der Waals surface area (Å²) in [5.74, 6) is -0.991. The molecule has 0 atom stereocenters. The number of ether oxygens (including phenoxy) is 2. The van der Waals surface area contributed by atoms with Gasteiger partial charge in [0.15, 0.2) is 23.1 Å². The summed E-state index contributed by atoms with van der Waals surface area (Å²) in [5, 5.41) is 0. The first kappa shape index (κ1) is 14.7. The lowest BCUT2D eigenvalue weighted by Crippen LogP contribution is -2.11. The highest BCUT2D eigenvalue weighted by molar-refractivity contribution is 5.92. The highest BCUT2D eigenvalue weighted by atomic mass is 19.1. The van der Waals surface area contributed by atoms with Crippen LogP contribution in [0.4, 0.5) is 10.2 Å². The summed E-state index contributed by atoms with van der Waals surface area (Å²) in [6, 6.07) is 4.50. The minimum atomic E-state index is -0.713. The summed E-state index contributed by atoms with van der Waals surface area (Å²) in [5.41, 5.74) is 6.54. The zero-order chi connectivity index (χ0) is 15.6. The number of carbonyl (C=O) groups is 1. The molecule has 0 unspecified atom stereocenters. The molecule has 0 aliphatic heterocycles. The van der Waals surface area contributed by atoms with Crippen LogP contribution >= 0.6 is 0 Å². The number of anilines is 1. The van der Waals surface area contributed by atoms with Crippen LogP contribution < -0.4 is 10.5 Å². The van der Waals surface area contributed by atoms with Gasteiger partial charge in [0.2, 0.25) is 0 Å². The average molecular weight is 291 g/mol. The molecule has 1 heterocycles. The van der Waals surface area contributed by atoms with Gasteiger partial charge < -0.3 is 15.2 Å². The molecule has 0 fully saturated rings. The van der Waals surface area contributed by atoms with Crippen molar-refractivity contribution < 1.29 is 18.7 Å². The van der Waals surface area contributed by atoms with Gasteiger partial charge in [0.05, 0.1) is 14.2 Å². The quantitative estimate of drug-likeness (QED) is 0.870. The molecular weight excluding hydrogens is 277 g/mol. The highest BCUT2D eigenvalue weighted by Gasteiger charge is 2.21. The first-order valence-corrected chi connectivity index (χ1v) is 6.04. The molecule has 2 N–H and O–H groups in total. The molecule has 2 rings (SSSR count). The van der Waals surface area contributed by atoms with E-state index < -0.39 is 11.8 Å². The van der Waals surface area contributed by atoms with Gasteiger partial charge in [-0.25, -0.2) is 19.2 Å². The third-order valence-electron chi connectivity index (χ3n) is 2.90. The number of aryl methyl sites for hydroxylation is 1. The summed E-state index contributed by atoms with van der Waals surface area (Å²) in [4.78, 5) is 19.8. The Morgan fingerprint density at radius 3 is 2.57 bits per heavy atom. The molecule has 1 aromatic heterocycles. The first-order chi connectivity index (χ1) is 9.97. The maximum Gasteiger partial charge on any atom is 0.360 e. The molecule has 0 spiro atoms. The monoisotopic (exact) mass is 291 g/mol. The number of methoxy groups -OCH3 is 2. The van der Waals surface area contributed by atoms with Crippen molar-refractivity contribution in [2.24, 2.45) is 0 Å². The number of esters is 1. The molecule has 0 aliphatic rings. The fourth-order valence-electron chi connectivity index (χ4n) is 1.77. The molecule has 0 saturated heterocycles. The van der Waals surface area contributed by atoms with Gasteiger partial charge in [-0.2, -0.15) is 0 Å². The van der Waals surface area contributed by atoms with E-state index in [1.165, 1.54) is 20.3 Å². The van der Waals surface area contributed by atoms with Crippen LogP contribution in [0.5, 0.6) is 5.75 Å². The smallest absolute Gasteiger partial charge is 0.360 e. The van der Waals surface area contributed by atoms with Gasteiger partial charge in [-0.3, -0.25) is 0 Å². The van der Waals surface area contributed by atoms with Gasteiger partial charge in [-0.15, -0.1) is 0 Å². The Bertz CT molecular complexity index is 704. The second-order valence-corrected chi connectivity index (χ2v) is 4.27. The van der Waals surface area contributed by atoms with Crippen LogP contribution in [0.15, 0.2) is 18.2 Å². The van der Waals surface area contributed by atoms with E-state index >= 15 is 0 Å². The molecule has 0 aliphatic carbocycles. The number of rotatable bonds is 3. The summed E-state index contributed by atoms with van der Waals surface area (Å²) >= 11 is 0. The van der Waals surface area contributed by atoms with Crippen LogP contribution in [0.25, 0.3) is 11.4 Å². The van der Waals surface area contributed by atoms with E-state index in [-0.39, 0.29) is 23.1 Å². The zero-order valence-electron chi connectivity index (χ0n) is 11.8. The Balaban J connectivity index is 2.62. The Morgan fingerprint density at radius 2 is 2.00 bits per heavy atom. The van der Waals surface area contributed by atoms with E-state index in [9.17, 15) is 9.18 Å². The van der Waals surface area contributed by atoms with E-state index in [1.54, 1.807) is 19.1 Å². The number of benzene rings is 1. The third kappa shape index (κ3) is 2.76. The lowest BCUT2D eigenvalue weighted by molar-refractivity contribution is 0.0590. The molecular formula is C14H14FN3O3. The van der Waals surface area contributed by atoms with Crippen molar-refractivity contribution in [2.75, 3.05) is 20.0 Å². The van der Waals surface area contributed by atoms with Crippen molar-refractivity contribution in [2.45, 2.75) is 6.92 Å². The van der Waals surface area contributed by atoms with Crippen LogP contribution in [0, 0.1) is 12.7 Å². The first-order valence-electron chi connectivity index (χ1n) is 6.04. The summed E-state index contributed by atoms with van der Waals surface area (Å²) in [6.45, 7) is 1.64. The van der Waals surface area contributed by atoms with Crippen LogP contribution in [0.1, 0.15) is 16.1 Å². The van der Waals surface area contributed by atoms with Crippen LogP contribution in [0.2, 0.25) is 0 Å². The van der Waals surface area contributed by atoms with Crippen LogP contribution in [-0.2, 0) is 4.74 Å². The van der Waals surface area contributed by atoms with Crippen molar-refractivity contribution in [3.05, 3.63) is 35.3 Å². The molecule has 7 heteroatoms. The van der Waals surface area contributed by atoms with E-state index in [0.717, 1.165) is 0 Å². The van der Waals surface area contributed by atoms with Gasteiger partial charge in [0.25, 0.3) is 0 Å². The van der Waals surface area contributed by atoms with Gasteiger partial charge in [0.1, 0.15) is 5.82 Å². The number of carbonyl (C=O) groups excluding carboxylic acids is 1. The van der Waals surface area contributed by atoms with E-state index in [0.29, 0.717) is 11.1 Å². The molecule has 6 nitrogen and oxygen atoms in total. The lowest BCUT2D eigenvalue weighted by Gasteiger charge is -2.10. The van der Waals surface area contributed by atoms with Crippen LogP contribution in [0.3, 0.4) is 0 Å². The van der Waals surface area contributed by atoms with E-state index in [2.05, 4.69) is 14.7 Å². The van der Waals surface area contributed by atoms with Gasteiger partial charge in [-0.05, 0) is 18.6 Å². The molecule has 0 saturated carbocycles. The van der Waals surface area contributed by atoms with Crippen molar-refractivity contribution >= 4 is 11.8 Å². The minimum Gasteiger partial charge on any atom is -0.491 e. The Kier molecular flexibility index (Phi) is 4.02. The number of halogens is 1. The number of aromatic nitrogens is 2. The average Bonchev–Trinajstić information content (AvgIpc) is 2.48. The number of nitrogen functional groups attached to an aromatic ring is 1. The Morgan fingerprint density at radius 1 is 1.29 bits per heavy atom. The van der Waals surface area contributed by atoms with Gasteiger partial charge in [-0.1, -0.05) is 12.1 Å². The minimum absolute atomic E-state index is 0.0242. The zero-order valence-corrected chi connectivity index (χ0v) is 11.8. The molecule has 1 aromatic carbocycles. The predicted octanol–water partition coefficient (Wildman–Crippen LogP) is 1.97. The second-order valence-electron chi connectivity index (χ2n) is 4.27. The second kappa shape index (κ2) is 5.74. The standard InChI is InChI=1S/C14H14FN3O3/c1-7-4-5-8(6-9(7)15)13-17-10(14(19)21-3)11(20-2)12(16)18-13/h4-6H,1-3H3,(H2,16,17,18). The maximum atomic E-state index is 13.6. The predicted molar refractivity (Wildman–Crippen MR) is 74.5 cm³/mol. The third-order valence-corrected chi connectivity index (χ3v) is 2.90. The normalized spacial score (nSPS) is 10.3. The molecule has 110 valence electrons. The number of hydrogen-bond acceptors (Lipinski definition) is 6. The maximum absolute atomic E-state index is 13.6. The van der Waals surface area contributed by atoms with Crippen LogP contribution in [-0.4, -0.2) is 30.2 Å².